The third kappa shape index (κ3) is 4.74. The van der Waals surface area contributed by atoms with E-state index in [1.165, 1.54) is 10.9 Å². The average molecular weight is 369 g/mol. The van der Waals surface area contributed by atoms with Crippen LogP contribution < -0.4 is 5.30 Å². The van der Waals surface area contributed by atoms with Crippen LogP contribution in [0.25, 0.3) is 0 Å². The summed E-state index contributed by atoms with van der Waals surface area (Å²) in [4.78, 5) is 4.74. The molecule has 0 fully saturated rings. The van der Waals surface area contributed by atoms with Gasteiger partial charge in [-0.3, -0.25) is 4.99 Å². The number of phenols is 1. The van der Waals surface area contributed by atoms with Gasteiger partial charge in [0.15, 0.2) is 0 Å². The maximum absolute atomic E-state index is 10.9. The maximum Gasteiger partial charge on any atom is 0.128 e. The summed E-state index contributed by atoms with van der Waals surface area (Å²) in [6, 6.07) is 12.5. The number of hydrogen-bond acceptors (Lipinski definition) is 2. The zero-order valence-electron chi connectivity index (χ0n) is 17.4. The predicted octanol–water partition coefficient (Wildman–Crippen LogP) is 6.10. The van der Waals surface area contributed by atoms with Crippen molar-refractivity contribution in [3.63, 3.8) is 0 Å². The first-order chi connectivity index (χ1) is 11.9. The van der Waals surface area contributed by atoms with Gasteiger partial charge in [-0.2, -0.15) is 0 Å². The second kappa shape index (κ2) is 7.53. The van der Waals surface area contributed by atoms with Gasteiger partial charge in [0.2, 0.25) is 0 Å². The van der Waals surface area contributed by atoms with E-state index < -0.39 is 0 Å². The molecule has 26 heavy (non-hydrogen) atoms. The van der Waals surface area contributed by atoms with Crippen molar-refractivity contribution in [2.24, 2.45) is 4.99 Å². The molecule has 3 heteroatoms. The molecular weight excluding hydrogens is 337 g/mol. The highest BCUT2D eigenvalue weighted by atomic mass is 31.1. The van der Waals surface area contributed by atoms with E-state index in [1.807, 2.05) is 18.3 Å². The lowest BCUT2D eigenvalue weighted by Gasteiger charge is -2.27. The van der Waals surface area contributed by atoms with Gasteiger partial charge in [0.25, 0.3) is 0 Å². The van der Waals surface area contributed by atoms with E-state index in [2.05, 4.69) is 79.1 Å². The molecule has 0 aliphatic rings. The largest absolute Gasteiger partial charge is 0.507 e. The van der Waals surface area contributed by atoms with Crippen LogP contribution in [0.15, 0.2) is 41.4 Å². The summed E-state index contributed by atoms with van der Waals surface area (Å²) in [5.41, 5.74) is 3.83. The molecule has 0 atom stereocenters. The number of aliphatic imine (C=N–C) groups is 1. The number of hydrogen-bond donors (Lipinski definition) is 1. The Balaban J connectivity index is 2.59. The van der Waals surface area contributed by atoms with Gasteiger partial charge in [0, 0.05) is 22.6 Å². The minimum atomic E-state index is -0.230. The number of phenolic OH excluding ortho intramolecular Hbond substituents is 1. The van der Waals surface area contributed by atoms with Crippen LogP contribution in [-0.4, -0.2) is 24.7 Å². The van der Waals surface area contributed by atoms with E-state index in [0.717, 1.165) is 16.8 Å². The smallest absolute Gasteiger partial charge is 0.128 e. The molecule has 2 nitrogen and oxygen atoms in total. The molecule has 2 aromatic carbocycles. The number of para-hydroxylation sites is 1. The second-order valence-electron chi connectivity index (χ2n) is 9.10. The normalized spacial score (nSPS) is 13.0. The summed E-state index contributed by atoms with van der Waals surface area (Å²) in [6.07, 6.45) is 1.82. The van der Waals surface area contributed by atoms with Crippen molar-refractivity contribution in [3.05, 3.63) is 53.1 Å². The summed E-state index contributed by atoms with van der Waals surface area (Å²) in [6.45, 7) is 17.5. The van der Waals surface area contributed by atoms with E-state index in [0.29, 0.717) is 5.75 Å². The van der Waals surface area contributed by atoms with E-state index in [1.54, 1.807) is 0 Å². The van der Waals surface area contributed by atoms with Crippen molar-refractivity contribution in [2.75, 3.05) is 13.3 Å². The average Bonchev–Trinajstić information content (AvgIpc) is 2.51. The number of nitrogens with zero attached hydrogens (tertiary/aromatic N) is 1. The van der Waals surface area contributed by atoms with E-state index in [4.69, 9.17) is 4.99 Å². The molecule has 0 aliphatic heterocycles. The molecule has 0 heterocycles. The van der Waals surface area contributed by atoms with Crippen LogP contribution in [-0.2, 0) is 10.8 Å². The zero-order valence-corrected chi connectivity index (χ0v) is 18.3. The van der Waals surface area contributed by atoms with Gasteiger partial charge in [-0.25, -0.2) is 0 Å². The molecule has 140 valence electrons. The molecule has 2 aromatic rings. The fourth-order valence-electron chi connectivity index (χ4n) is 2.85. The molecule has 0 unspecified atom stereocenters. The van der Waals surface area contributed by atoms with Gasteiger partial charge in [-0.05, 0) is 41.9 Å². The topological polar surface area (TPSA) is 32.6 Å². The first-order valence-electron chi connectivity index (χ1n) is 9.09. The molecule has 0 aliphatic carbocycles. The van der Waals surface area contributed by atoms with Crippen molar-refractivity contribution in [2.45, 2.75) is 52.4 Å². The number of aromatic hydroxyl groups is 1. The van der Waals surface area contributed by atoms with Gasteiger partial charge < -0.3 is 5.11 Å². The van der Waals surface area contributed by atoms with Gasteiger partial charge in [0.05, 0.1) is 5.69 Å². The highest BCUT2D eigenvalue weighted by molar-refractivity contribution is 7.64. The number of benzene rings is 2. The fraction of sp³-hybridized carbons (Fsp3) is 0.435. The van der Waals surface area contributed by atoms with Gasteiger partial charge in [-0.1, -0.05) is 73.7 Å². The summed E-state index contributed by atoms with van der Waals surface area (Å²) < 4.78 is 0. The zero-order chi connectivity index (χ0) is 19.7. The molecule has 0 radical (unpaired) electrons. The third-order valence-corrected chi connectivity index (χ3v) is 5.86. The Morgan fingerprint density at radius 2 is 1.54 bits per heavy atom. The van der Waals surface area contributed by atoms with E-state index in [9.17, 15) is 5.11 Å². The van der Waals surface area contributed by atoms with Gasteiger partial charge in [0.1, 0.15) is 5.75 Å². The van der Waals surface area contributed by atoms with Crippen LogP contribution in [0.4, 0.5) is 5.69 Å². The first-order valence-corrected chi connectivity index (χ1v) is 11.3. The Bertz CT molecular complexity index is 808. The molecule has 1 N–H and O–H groups in total. The molecule has 0 amide bonds. The number of rotatable bonds is 3. The molecular formula is C23H32NOP. The molecule has 0 spiro atoms. The Morgan fingerprint density at radius 3 is 2.08 bits per heavy atom. The van der Waals surface area contributed by atoms with Crippen molar-refractivity contribution < 1.29 is 5.11 Å². The molecule has 0 bridgehead atoms. The van der Waals surface area contributed by atoms with Crippen LogP contribution in [0.5, 0.6) is 5.75 Å². The molecule has 0 saturated carbocycles. The van der Waals surface area contributed by atoms with Crippen LogP contribution >= 0.6 is 7.92 Å². The Morgan fingerprint density at radius 1 is 0.923 bits per heavy atom. The Hall–Kier alpha value is -1.66. The highest BCUT2D eigenvalue weighted by Gasteiger charge is 2.24. The van der Waals surface area contributed by atoms with Crippen molar-refractivity contribution in [3.8, 4) is 5.75 Å². The minimum Gasteiger partial charge on any atom is -0.507 e. The molecule has 0 aromatic heterocycles. The van der Waals surface area contributed by atoms with Crippen LogP contribution in [0, 0.1) is 0 Å². The highest BCUT2D eigenvalue weighted by Crippen LogP contribution is 2.37. The van der Waals surface area contributed by atoms with Crippen molar-refractivity contribution in [1.82, 2.24) is 0 Å². The quantitative estimate of drug-likeness (QED) is 0.514. The molecule has 0 saturated heterocycles. The Kier molecular flexibility index (Phi) is 5.98. The summed E-state index contributed by atoms with van der Waals surface area (Å²) in [5.74, 6) is 0.335. The molecule has 2 rings (SSSR count). The third-order valence-electron chi connectivity index (χ3n) is 4.52. The second-order valence-corrected chi connectivity index (χ2v) is 11.4. The van der Waals surface area contributed by atoms with Crippen molar-refractivity contribution >= 4 is 25.1 Å². The summed E-state index contributed by atoms with van der Waals surface area (Å²) >= 11 is 0. The van der Waals surface area contributed by atoms with Crippen LogP contribution in [0.3, 0.4) is 0 Å². The minimum absolute atomic E-state index is 0.00928. The lowest BCUT2D eigenvalue weighted by Crippen LogP contribution is -2.17. The SMILES string of the molecule is CP(C)c1ccccc1N=Cc1cc(C(C)(C)C)cc(C(C)(C)C)c1O. The predicted molar refractivity (Wildman–Crippen MR) is 118 cm³/mol. The van der Waals surface area contributed by atoms with Crippen molar-refractivity contribution in [1.29, 1.82) is 0 Å². The lowest BCUT2D eigenvalue weighted by atomic mass is 9.79. The van der Waals surface area contributed by atoms with E-state index >= 15 is 0 Å². The standard InChI is InChI=1S/C23H32NOP/c1-22(2,3)17-13-16(21(25)18(14-17)23(4,5)6)15-24-19-11-9-10-12-20(19)26(7)8/h9-15,25H,1-8H3. The van der Waals surface area contributed by atoms with Gasteiger partial charge >= 0.3 is 0 Å². The maximum atomic E-state index is 10.9. The Labute approximate surface area is 160 Å². The van der Waals surface area contributed by atoms with E-state index in [-0.39, 0.29) is 18.8 Å². The first kappa shape index (κ1) is 20.6. The van der Waals surface area contributed by atoms with Crippen LogP contribution in [0.2, 0.25) is 0 Å². The lowest BCUT2D eigenvalue weighted by molar-refractivity contribution is 0.444. The van der Waals surface area contributed by atoms with Gasteiger partial charge in [-0.15, -0.1) is 0 Å². The summed E-state index contributed by atoms with van der Waals surface area (Å²) in [5, 5.41) is 12.2. The summed E-state index contributed by atoms with van der Waals surface area (Å²) in [7, 11) is -0.230. The fourth-order valence-corrected chi connectivity index (χ4v) is 3.83. The monoisotopic (exact) mass is 369 g/mol. The van der Waals surface area contributed by atoms with Crippen LogP contribution in [0.1, 0.15) is 58.2 Å².